The first-order valence-electron chi connectivity index (χ1n) is 11.1. The number of para-hydroxylation sites is 2. The van der Waals surface area contributed by atoms with Crippen LogP contribution in [0.4, 0.5) is 0 Å². The molecule has 170 valence electrons. The molecule has 3 heterocycles. The van der Waals surface area contributed by atoms with Gasteiger partial charge in [0.1, 0.15) is 24.2 Å². The fourth-order valence-electron chi connectivity index (χ4n) is 3.90. The summed E-state index contributed by atoms with van der Waals surface area (Å²) < 4.78 is 15.3. The van der Waals surface area contributed by atoms with E-state index in [0.717, 1.165) is 16.9 Å². The topological polar surface area (TPSA) is 75.1 Å². The molecular weight excluding hydrogens is 440 g/mol. The third-order valence-electron chi connectivity index (χ3n) is 5.72. The lowest BCUT2D eigenvalue weighted by Gasteiger charge is -2.06. The van der Waals surface area contributed by atoms with Crippen LogP contribution in [0.25, 0.3) is 33.5 Å². The number of ether oxygens (including phenoxy) is 1. The second-order valence-electron chi connectivity index (χ2n) is 8.06. The Hall–Kier alpha value is -4.91. The zero-order chi connectivity index (χ0) is 23.6. The van der Waals surface area contributed by atoms with Crippen LogP contribution in [0.1, 0.15) is 5.56 Å². The highest BCUT2D eigenvalue weighted by molar-refractivity contribution is 5.82. The molecule has 0 saturated carbocycles. The molecule has 0 aliphatic rings. The van der Waals surface area contributed by atoms with Crippen molar-refractivity contribution in [1.29, 1.82) is 0 Å². The maximum absolute atomic E-state index is 13.2. The van der Waals surface area contributed by atoms with E-state index in [1.165, 1.54) is 6.26 Å². The molecule has 0 aliphatic carbocycles. The number of hydrogen-bond donors (Lipinski definition) is 0. The van der Waals surface area contributed by atoms with Crippen molar-refractivity contribution in [2.75, 3.05) is 0 Å². The molecule has 0 amide bonds. The molecule has 0 bridgehead atoms. The van der Waals surface area contributed by atoms with E-state index in [4.69, 9.17) is 9.15 Å². The van der Waals surface area contributed by atoms with Gasteiger partial charge in [-0.25, -0.2) is 9.36 Å². The van der Waals surface area contributed by atoms with Crippen LogP contribution in [0.15, 0.2) is 119 Å². The molecule has 3 aromatic heterocycles. The minimum atomic E-state index is -0.116. The van der Waals surface area contributed by atoms with Crippen molar-refractivity contribution in [2.45, 2.75) is 6.61 Å². The molecule has 6 rings (SSSR count). The summed E-state index contributed by atoms with van der Waals surface area (Å²) in [7, 11) is 0. The zero-order valence-corrected chi connectivity index (χ0v) is 18.6. The minimum Gasteiger partial charge on any atom is -0.489 e. The van der Waals surface area contributed by atoms with Crippen LogP contribution in [0.5, 0.6) is 5.75 Å². The van der Waals surface area contributed by atoms with E-state index >= 15 is 0 Å². The van der Waals surface area contributed by atoms with Crippen LogP contribution in [0, 0.1) is 0 Å². The summed E-state index contributed by atoms with van der Waals surface area (Å²) in [4.78, 5) is 13.2. The molecule has 0 atom stereocenters. The van der Waals surface area contributed by atoms with Gasteiger partial charge in [0, 0.05) is 29.6 Å². The lowest BCUT2D eigenvalue weighted by Crippen LogP contribution is -2.04. The molecule has 0 aliphatic heterocycles. The first-order valence-corrected chi connectivity index (χ1v) is 11.1. The number of fused-ring (bicyclic) bond motifs is 1. The van der Waals surface area contributed by atoms with Gasteiger partial charge in [0.05, 0.1) is 34.7 Å². The van der Waals surface area contributed by atoms with Crippen LogP contribution in [-0.4, -0.2) is 19.6 Å². The molecule has 3 aromatic carbocycles. The quantitative estimate of drug-likeness (QED) is 0.332. The van der Waals surface area contributed by atoms with Gasteiger partial charge in [0.15, 0.2) is 0 Å². The first kappa shape index (κ1) is 20.7. The Morgan fingerprint density at radius 3 is 2.23 bits per heavy atom. The fraction of sp³-hybridized carbons (Fsp3) is 0.0357. The van der Waals surface area contributed by atoms with Gasteiger partial charge in [0.25, 0.3) is 0 Å². The maximum Gasteiger partial charge on any atom is 0.200 e. The summed E-state index contributed by atoms with van der Waals surface area (Å²) in [6, 6.07) is 24.9. The Morgan fingerprint density at radius 1 is 0.800 bits per heavy atom. The maximum atomic E-state index is 13.2. The molecule has 6 aromatic rings. The van der Waals surface area contributed by atoms with Gasteiger partial charge in [-0.05, 0) is 36.4 Å². The van der Waals surface area contributed by atoms with Gasteiger partial charge in [-0.2, -0.15) is 10.2 Å². The molecule has 0 fully saturated rings. The van der Waals surface area contributed by atoms with Gasteiger partial charge >= 0.3 is 0 Å². The first-order chi connectivity index (χ1) is 17.2. The Bertz CT molecular complexity index is 1670. The van der Waals surface area contributed by atoms with E-state index in [9.17, 15) is 4.79 Å². The molecular formula is C28H20N4O3. The Labute approximate surface area is 200 Å². The van der Waals surface area contributed by atoms with Gasteiger partial charge in [0.2, 0.25) is 5.43 Å². The largest absolute Gasteiger partial charge is 0.489 e. The minimum absolute atomic E-state index is 0.116. The predicted molar refractivity (Wildman–Crippen MR) is 133 cm³/mol. The molecule has 0 N–H and O–H groups in total. The van der Waals surface area contributed by atoms with Crippen LogP contribution in [0.2, 0.25) is 0 Å². The summed E-state index contributed by atoms with van der Waals surface area (Å²) in [6.07, 6.45) is 8.66. The van der Waals surface area contributed by atoms with Gasteiger partial charge in [-0.3, -0.25) is 4.79 Å². The summed E-state index contributed by atoms with van der Waals surface area (Å²) in [5, 5.41) is 9.26. The second kappa shape index (κ2) is 8.79. The number of benzene rings is 3. The monoisotopic (exact) mass is 460 g/mol. The lowest BCUT2D eigenvalue weighted by atomic mass is 10.1. The number of rotatable bonds is 6. The van der Waals surface area contributed by atoms with E-state index in [0.29, 0.717) is 34.5 Å². The zero-order valence-electron chi connectivity index (χ0n) is 18.6. The Balaban J connectivity index is 1.21. The van der Waals surface area contributed by atoms with E-state index in [-0.39, 0.29) is 5.43 Å². The van der Waals surface area contributed by atoms with Gasteiger partial charge < -0.3 is 9.15 Å². The molecule has 0 radical (unpaired) electrons. The van der Waals surface area contributed by atoms with Gasteiger partial charge in [-0.15, -0.1) is 0 Å². The van der Waals surface area contributed by atoms with Crippen molar-refractivity contribution in [3.8, 4) is 28.3 Å². The third-order valence-corrected chi connectivity index (χ3v) is 5.72. The highest BCUT2D eigenvalue weighted by Crippen LogP contribution is 2.24. The van der Waals surface area contributed by atoms with E-state index in [2.05, 4.69) is 10.2 Å². The van der Waals surface area contributed by atoms with Crippen LogP contribution in [0.3, 0.4) is 0 Å². The van der Waals surface area contributed by atoms with Crippen LogP contribution in [-0.2, 0) is 6.61 Å². The van der Waals surface area contributed by atoms with Gasteiger partial charge in [-0.1, -0.05) is 36.4 Å². The van der Waals surface area contributed by atoms with Crippen LogP contribution < -0.4 is 10.2 Å². The van der Waals surface area contributed by atoms with Crippen molar-refractivity contribution in [3.05, 3.63) is 126 Å². The smallest absolute Gasteiger partial charge is 0.200 e. The molecule has 0 unspecified atom stereocenters. The molecule has 0 saturated heterocycles. The normalized spacial score (nSPS) is 11.1. The summed E-state index contributed by atoms with van der Waals surface area (Å²) in [6.45, 7) is 0.347. The van der Waals surface area contributed by atoms with Crippen molar-refractivity contribution in [2.24, 2.45) is 0 Å². The second-order valence-corrected chi connectivity index (χ2v) is 8.06. The standard InChI is InChI=1S/C28H20N4O3/c33-28-25-12-11-24(34-18-20-14-29-31(16-20)22-7-3-1-4-8-22)13-27(25)35-19-26(28)21-15-30-32(17-21)23-9-5-2-6-10-23/h1-17,19H,18H2. The number of nitrogens with zero attached hydrogens (tertiary/aromatic N) is 4. The molecule has 7 heteroatoms. The highest BCUT2D eigenvalue weighted by atomic mass is 16.5. The summed E-state index contributed by atoms with van der Waals surface area (Å²) in [5.74, 6) is 0.609. The average Bonchev–Trinajstić information content (AvgIpc) is 3.59. The molecule has 7 nitrogen and oxygen atoms in total. The van der Waals surface area contributed by atoms with Crippen LogP contribution >= 0.6 is 0 Å². The molecule has 35 heavy (non-hydrogen) atoms. The fourth-order valence-corrected chi connectivity index (χ4v) is 3.90. The Morgan fingerprint density at radius 2 is 1.49 bits per heavy atom. The Kier molecular flexibility index (Phi) is 5.20. The van der Waals surface area contributed by atoms with Crippen molar-refractivity contribution >= 4 is 11.0 Å². The highest BCUT2D eigenvalue weighted by Gasteiger charge is 2.13. The SMILES string of the molecule is O=c1c(-c2cnn(-c3ccccc3)c2)coc2cc(OCc3cnn(-c4ccccc4)c3)ccc12. The van der Waals surface area contributed by atoms with Crippen molar-refractivity contribution in [1.82, 2.24) is 19.6 Å². The predicted octanol–water partition coefficient (Wildman–Crippen LogP) is 5.41. The van der Waals surface area contributed by atoms with Crippen molar-refractivity contribution in [3.63, 3.8) is 0 Å². The van der Waals surface area contributed by atoms with Crippen molar-refractivity contribution < 1.29 is 9.15 Å². The summed E-state index contributed by atoms with van der Waals surface area (Å²) in [5.41, 5.74) is 4.33. The van der Waals surface area contributed by atoms with E-state index in [1.54, 1.807) is 40.0 Å². The summed E-state index contributed by atoms with van der Waals surface area (Å²) >= 11 is 0. The third kappa shape index (κ3) is 4.11. The molecule has 0 spiro atoms. The van der Waals surface area contributed by atoms with E-state index in [1.807, 2.05) is 73.1 Å². The average molecular weight is 460 g/mol. The number of aromatic nitrogens is 4. The number of hydrogen-bond acceptors (Lipinski definition) is 5. The van der Waals surface area contributed by atoms with E-state index < -0.39 is 0 Å². The lowest BCUT2D eigenvalue weighted by molar-refractivity contribution is 0.306.